The minimum atomic E-state index is 0.228. The van der Waals surface area contributed by atoms with Crippen molar-refractivity contribution in [3.8, 4) is 5.75 Å². The zero-order valence-electron chi connectivity index (χ0n) is 9.79. The Balaban J connectivity index is 2.97. The van der Waals surface area contributed by atoms with Crippen LogP contribution in [0.1, 0.15) is 33.3 Å². The van der Waals surface area contributed by atoms with E-state index in [2.05, 4.69) is 39.8 Å². The van der Waals surface area contributed by atoms with Gasteiger partial charge in [-0.15, -0.1) is 0 Å². The molecule has 1 nitrogen and oxygen atoms in total. The lowest BCUT2D eigenvalue weighted by atomic mass is 9.75. The summed E-state index contributed by atoms with van der Waals surface area (Å²) in [6, 6.07) is 8.36. The number of hydrogen-bond donors (Lipinski definition) is 0. The highest BCUT2D eigenvalue weighted by atomic mass is 16.5. The van der Waals surface area contributed by atoms with Crippen LogP contribution in [0, 0.1) is 5.92 Å². The lowest BCUT2D eigenvalue weighted by Gasteiger charge is -2.29. The van der Waals surface area contributed by atoms with Gasteiger partial charge in [0, 0.05) is 0 Å². The van der Waals surface area contributed by atoms with Crippen molar-refractivity contribution in [1.82, 2.24) is 0 Å². The fraction of sp³-hybridized carbons (Fsp3) is 0.538. The standard InChI is InChI=1S/C13H20O/c1-10(2)13(3,4)11-6-8-12(14-5)9-7-11/h6-10H,1-5H3. The van der Waals surface area contributed by atoms with Crippen LogP contribution in [0.2, 0.25) is 0 Å². The molecule has 0 radical (unpaired) electrons. The lowest BCUT2D eigenvalue weighted by Crippen LogP contribution is -2.24. The molecular formula is C13H20O. The Morgan fingerprint density at radius 3 is 1.93 bits per heavy atom. The van der Waals surface area contributed by atoms with Gasteiger partial charge in [0.15, 0.2) is 0 Å². The molecule has 0 heterocycles. The van der Waals surface area contributed by atoms with Gasteiger partial charge in [-0.05, 0) is 29.0 Å². The summed E-state index contributed by atoms with van der Waals surface area (Å²) < 4.78 is 5.14. The normalized spacial score (nSPS) is 11.9. The molecule has 0 aromatic heterocycles. The Morgan fingerprint density at radius 2 is 1.57 bits per heavy atom. The van der Waals surface area contributed by atoms with Gasteiger partial charge in [-0.2, -0.15) is 0 Å². The summed E-state index contributed by atoms with van der Waals surface area (Å²) in [6.07, 6.45) is 0. The second-order valence-corrected chi connectivity index (χ2v) is 4.60. The van der Waals surface area contributed by atoms with Gasteiger partial charge in [0.2, 0.25) is 0 Å². The van der Waals surface area contributed by atoms with Crippen LogP contribution in [-0.4, -0.2) is 7.11 Å². The fourth-order valence-electron chi connectivity index (χ4n) is 1.35. The number of rotatable bonds is 3. The maximum atomic E-state index is 5.14. The van der Waals surface area contributed by atoms with Crippen LogP contribution in [0.4, 0.5) is 0 Å². The Kier molecular flexibility index (Phi) is 3.20. The maximum absolute atomic E-state index is 5.14. The molecule has 0 saturated heterocycles. The smallest absolute Gasteiger partial charge is 0.118 e. The van der Waals surface area contributed by atoms with E-state index in [-0.39, 0.29) is 5.41 Å². The molecule has 14 heavy (non-hydrogen) atoms. The van der Waals surface area contributed by atoms with Crippen LogP contribution in [0.25, 0.3) is 0 Å². The van der Waals surface area contributed by atoms with Crippen molar-refractivity contribution in [3.63, 3.8) is 0 Å². The minimum absolute atomic E-state index is 0.228. The highest BCUT2D eigenvalue weighted by molar-refractivity contribution is 5.31. The third-order valence-electron chi connectivity index (χ3n) is 3.28. The summed E-state index contributed by atoms with van der Waals surface area (Å²) in [5.41, 5.74) is 1.60. The van der Waals surface area contributed by atoms with Gasteiger partial charge in [0.25, 0.3) is 0 Å². The third-order valence-corrected chi connectivity index (χ3v) is 3.28. The quantitative estimate of drug-likeness (QED) is 0.710. The van der Waals surface area contributed by atoms with Crippen LogP contribution in [0.5, 0.6) is 5.75 Å². The molecule has 0 saturated carbocycles. The van der Waals surface area contributed by atoms with Crippen LogP contribution < -0.4 is 4.74 Å². The van der Waals surface area contributed by atoms with Gasteiger partial charge in [-0.3, -0.25) is 0 Å². The first-order valence-electron chi connectivity index (χ1n) is 5.13. The number of benzene rings is 1. The summed E-state index contributed by atoms with van der Waals surface area (Å²) in [7, 11) is 1.70. The highest BCUT2D eigenvalue weighted by Crippen LogP contribution is 2.31. The average Bonchev–Trinajstić information content (AvgIpc) is 2.17. The molecular weight excluding hydrogens is 172 g/mol. The van der Waals surface area contributed by atoms with Crippen LogP contribution in [0.15, 0.2) is 24.3 Å². The average molecular weight is 192 g/mol. The van der Waals surface area contributed by atoms with Crippen LogP contribution in [0.3, 0.4) is 0 Å². The van der Waals surface area contributed by atoms with Crippen molar-refractivity contribution in [2.75, 3.05) is 7.11 Å². The van der Waals surface area contributed by atoms with E-state index in [4.69, 9.17) is 4.74 Å². The predicted octanol–water partition coefficient (Wildman–Crippen LogP) is 3.63. The highest BCUT2D eigenvalue weighted by Gasteiger charge is 2.24. The Morgan fingerprint density at radius 1 is 1.07 bits per heavy atom. The van der Waals surface area contributed by atoms with Crippen LogP contribution in [-0.2, 0) is 5.41 Å². The molecule has 0 unspecified atom stereocenters. The summed E-state index contributed by atoms with van der Waals surface area (Å²) in [6.45, 7) is 9.06. The van der Waals surface area contributed by atoms with E-state index in [1.807, 2.05) is 12.1 Å². The van der Waals surface area contributed by atoms with E-state index in [1.54, 1.807) is 7.11 Å². The molecule has 0 bridgehead atoms. The number of methoxy groups -OCH3 is 1. The number of ether oxygens (including phenoxy) is 1. The largest absolute Gasteiger partial charge is 0.497 e. The summed E-state index contributed by atoms with van der Waals surface area (Å²) in [5, 5.41) is 0. The van der Waals surface area contributed by atoms with Crippen molar-refractivity contribution < 1.29 is 4.74 Å². The van der Waals surface area contributed by atoms with Crippen molar-refractivity contribution >= 4 is 0 Å². The molecule has 0 atom stereocenters. The van der Waals surface area contributed by atoms with Gasteiger partial charge in [-0.25, -0.2) is 0 Å². The molecule has 0 spiro atoms. The molecule has 0 aliphatic carbocycles. The van der Waals surface area contributed by atoms with Gasteiger partial charge in [0.1, 0.15) is 5.75 Å². The SMILES string of the molecule is COc1ccc(C(C)(C)C(C)C)cc1. The van der Waals surface area contributed by atoms with Crippen molar-refractivity contribution in [3.05, 3.63) is 29.8 Å². The molecule has 78 valence electrons. The first kappa shape index (κ1) is 11.1. The minimum Gasteiger partial charge on any atom is -0.497 e. The molecule has 1 heteroatoms. The van der Waals surface area contributed by atoms with Gasteiger partial charge in [0.05, 0.1) is 7.11 Å². The summed E-state index contributed by atoms with van der Waals surface area (Å²) >= 11 is 0. The van der Waals surface area contributed by atoms with E-state index in [0.717, 1.165) is 5.75 Å². The Labute approximate surface area is 87.1 Å². The summed E-state index contributed by atoms with van der Waals surface area (Å²) in [4.78, 5) is 0. The molecule has 0 amide bonds. The van der Waals surface area contributed by atoms with Gasteiger partial charge < -0.3 is 4.74 Å². The number of hydrogen-bond acceptors (Lipinski definition) is 1. The van der Waals surface area contributed by atoms with Crippen molar-refractivity contribution in [2.45, 2.75) is 33.1 Å². The molecule has 0 aliphatic rings. The molecule has 1 rings (SSSR count). The third kappa shape index (κ3) is 2.09. The van der Waals surface area contributed by atoms with Crippen LogP contribution >= 0.6 is 0 Å². The molecule has 0 aliphatic heterocycles. The second-order valence-electron chi connectivity index (χ2n) is 4.60. The molecule has 0 N–H and O–H groups in total. The van der Waals surface area contributed by atoms with E-state index in [1.165, 1.54) is 5.56 Å². The lowest BCUT2D eigenvalue weighted by molar-refractivity contribution is 0.370. The summed E-state index contributed by atoms with van der Waals surface area (Å²) in [5.74, 6) is 1.56. The molecule has 1 aromatic rings. The van der Waals surface area contributed by atoms with E-state index in [0.29, 0.717) is 5.92 Å². The van der Waals surface area contributed by atoms with Crippen molar-refractivity contribution in [2.24, 2.45) is 5.92 Å². The first-order chi connectivity index (χ1) is 6.48. The topological polar surface area (TPSA) is 9.23 Å². The fourth-order valence-corrected chi connectivity index (χ4v) is 1.35. The Hall–Kier alpha value is -0.980. The maximum Gasteiger partial charge on any atom is 0.118 e. The van der Waals surface area contributed by atoms with Crippen molar-refractivity contribution in [1.29, 1.82) is 0 Å². The predicted molar refractivity (Wildman–Crippen MR) is 60.9 cm³/mol. The van der Waals surface area contributed by atoms with E-state index < -0.39 is 0 Å². The first-order valence-corrected chi connectivity index (χ1v) is 5.13. The molecule has 1 aromatic carbocycles. The monoisotopic (exact) mass is 192 g/mol. The second kappa shape index (κ2) is 4.04. The zero-order valence-corrected chi connectivity index (χ0v) is 9.79. The van der Waals surface area contributed by atoms with E-state index >= 15 is 0 Å². The van der Waals surface area contributed by atoms with Gasteiger partial charge >= 0.3 is 0 Å². The molecule has 0 fully saturated rings. The Bertz CT molecular complexity index is 283. The zero-order chi connectivity index (χ0) is 10.8. The van der Waals surface area contributed by atoms with Gasteiger partial charge in [-0.1, -0.05) is 39.8 Å². The van der Waals surface area contributed by atoms with E-state index in [9.17, 15) is 0 Å².